The van der Waals surface area contributed by atoms with Gasteiger partial charge >= 0.3 is 0 Å². The number of amides is 1. The van der Waals surface area contributed by atoms with E-state index in [9.17, 15) is 14.9 Å². The van der Waals surface area contributed by atoms with Gasteiger partial charge in [0.15, 0.2) is 0 Å². The van der Waals surface area contributed by atoms with Crippen molar-refractivity contribution < 1.29 is 14.5 Å². The van der Waals surface area contributed by atoms with Gasteiger partial charge in [0.1, 0.15) is 0 Å². The molecule has 1 aliphatic rings. The summed E-state index contributed by atoms with van der Waals surface area (Å²) in [6, 6.07) is 13.8. The van der Waals surface area contributed by atoms with Crippen molar-refractivity contribution in [2.45, 2.75) is 12.5 Å². The van der Waals surface area contributed by atoms with Crippen LogP contribution in [0.25, 0.3) is 0 Å². The lowest BCUT2D eigenvalue weighted by atomic mass is 10.0. The molecule has 0 unspecified atom stereocenters. The molecule has 2 aromatic carbocycles. The van der Waals surface area contributed by atoms with Crippen LogP contribution in [0.4, 0.5) is 5.69 Å². The molecule has 1 heterocycles. The maximum atomic E-state index is 12.5. The van der Waals surface area contributed by atoms with E-state index in [1.807, 2.05) is 24.3 Å². The summed E-state index contributed by atoms with van der Waals surface area (Å²) in [5, 5.41) is 14.7. The molecule has 1 saturated heterocycles. The van der Waals surface area contributed by atoms with E-state index in [0.717, 1.165) is 18.7 Å². The molecule has 1 fully saturated rings. The quantitative estimate of drug-likeness (QED) is 0.567. The van der Waals surface area contributed by atoms with Crippen LogP contribution in [0.2, 0.25) is 5.02 Å². The average molecular weight is 404 g/mol. The first-order valence-corrected chi connectivity index (χ1v) is 9.49. The van der Waals surface area contributed by atoms with Crippen LogP contribution >= 0.6 is 11.6 Å². The van der Waals surface area contributed by atoms with E-state index in [1.165, 1.54) is 6.07 Å². The lowest BCUT2D eigenvalue weighted by Gasteiger charge is -2.35. The third kappa shape index (κ3) is 5.07. The summed E-state index contributed by atoms with van der Waals surface area (Å²) in [4.78, 5) is 25.4. The van der Waals surface area contributed by atoms with E-state index in [1.54, 1.807) is 18.2 Å². The third-order valence-electron chi connectivity index (χ3n) is 4.78. The highest BCUT2D eigenvalue weighted by Gasteiger charge is 2.25. The highest BCUT2D eigenvalue weighted by Crippen LogP contribution is 2.28. The number of morpholine rings is 1. The minimum absolute atomic E-state index is 0.0461. The number of nitrogens with one attached hydrogen (secondary N) is 1. The summed E-state index contributed by atoms with van der Waals surface area (Å²) in [6.45, 7) is 3.12. The number of ether oxygens (including phenoxy) is 1. The first kappa shape index (κ1) is 20.3. The second-order valence-electron chi connectivity index (χ2n) is 6.55. The number of hydrogen-bond donors (Lipinski definition) is 1. The van der Waals surface area contributed by atoms with E-state index < -0.39 is 4.92 Å². The molecule has 0 radical (unpaired) electrons. The Morgan fingerprint density at radius 2 is 1.86 bits per heavy atom. The van der Waals surface area contributed by atoms with Crippen molar-refractivity contribution in [3.8, 4) is 0 Å². The number of nitro groups is 1. The number of halogens is 1. The predicted molar refractivity (Wildman–Crippen MR) is 106 cm³/mol. The standard InChI is InChI=1S/C20H22ClN3O4/c21-17-7-3-2-6-16(17)19(23-9-11-28-12-10-23)14-22-20(25)13-15-5-1-4-8-18(15)24(26)27/h1-8,19H,9-14H2,(H,22,25)/t19-/m1/s1. The van der Waals surface area contributed by atoms with Gasteiger partial charge in [0.05, 0.1) is 30.6 Å². The van der Waals surface area contributed by atoms with Crippen LogP contribution in [0.3, 0.4) is 0 Å². The molecule has 28 heavy (non-hydrogen) atoms. The largest absolute Gasteiger partial charge is 0.379 e. The Morgan fingerprint density at radius 1 is 1.18 bits per heavy atom. The summed E-state index contributed by atoms with van der Waals surface area (Å²) >= 11 is 6.39. The van der Waals surface area contributed by atoms with Gasteiger partial charge in [-0.15, -0.1) is 0 Å². The zero-order valence-electron chi connectivity index (χ0n) is 15.3. The Labute approximate surface area is 168 Å². The van der Waals surface area contributed by atoms with E-state index in [2.05, 4.69) is 10.2 Å². The zero-order chi connectivity index (χ0) is 19.9. The fourth-order valence-electron chi connectivity index (χ4n) is 3.35. The monoisotopic (exact) mass is 403 g/mol. The lowest BCUT2D eigenvalue weighted by molar-refractivity contribution is -0.385. The Bertz CT molecular complexity index is 840. The molecule has 1 aliphatic heterocycles. The maximum absolute atomic E-state index is 12.5. The Kier molecular flexibility index (Phi) is 6.97. The van der Waals surface area contributed by atoms with Crippen molar-refractivity contribution in [1.82, 2.24) is 10.2 Å². The molecule has 0 aromatic heterocycles. The van der Waals surface area contributed by atoms with Gasteiger partial charge in [-0.2, -0.15) is 0 Å². The van der Waals surface area contributed by atoms with Crippen LogP contribution in [0.5, 0.6) is 0 Å². The molecule has 1 amide bonds. The number of nitro benzene ring substituents is 1. The summed E-state index contributed by atoms with van der Waals surface area (Å²) in [5.41, 5.74) is 1.29. The predicted octanol–water partition coefficient (Wildman–Crippen LogP) is 2.98. The lowest BCUT2D eigenvalue weighted by Crippen LogP contribution is -2.44. The normalized spacial score (nSPS) is 15.8. The van der Waals surface area contributed by atoms with Gasteiger partial charge in [-0.05, 0) is 11.6 Å². The van der Waals surface area contributed by atoms with Crippen molar-refractivity contribution in [3.63, 3.8) is 0 Å². The number of nitrogens with zero attached hydrogens (tertiary/aromatic N) is 2. The van der Waals surface area contributed by atoms with Gasteiger partial charge in [0.2, 0.25) is 5.91 Å². The molecular formula is C20H22ClN3O4. The number of hydrogen-bond acceptors (Lipinski definition) is 5. The molecule has 7 nitrogen and oxygen atoms in total. The van der Waals surface area contributed by atoms with Gasteiger partial charge in [0, 0.05) is 36.3 Å². The van der Waals surface area contributed by atoms with E-state index in [4.69, 9.17) is 16.3 Å². The average Bonchev–Trinajstić information content (AvgIpc) is 2.70. The van der Waals surface area contributed by atoms with Crippen molar-refractivity contribution in [2.24, 2.45) is 0 Å². The molecule has 0 saturated carbocycles. The molecule has 1 atom stereocenters. The molecule has 8 heteroatoms. The Hall–Kier alpha value is -2.48. The second-order valence-corrected chi connectivity index (χ2v) is 6.96. The van der Waals surface area contributed by atoms with Gasteiger partial charge in [-0.1, -0.05) is 48.0 Å². The Morgan fingerprint density at radius 3 is 2.57 bits per heavy atom. The highest BCUT2D eigenvalue weighted by atomic mass is 35.5. The summed E-state index contributed by atoms with van der Waals surface area (Å²) in [7, 11) is 0. The van der Waals surface area contributed by atoms with E-state index in [0.29, 0.717) is 30.3 Å². The fourth-order valence-corrected chi connectivity index (χ4v) is 3.62. The first-order valence-electron chi connectivity index (χ1n) is 9.11. The number of carbonyl (C=O) groups excluding carboxylic acids is 1. The molecular weight excluding hydrogens is 382 g/mol. The van der Waals surface area contributed by atoms with Crippen LogP contribution in [-0.2, 0) is 16.0 Å². The third-order valence-corrected chi connectivity index (χ3v) is 5.13. The molecule has 1 N–H and O–H groups in total. The van der Waals surface area contributed by atoms with Gasteiger partial charge in [0.25, 0.3) is 5.69 Å². The highest BCUT2D eigenvalue weighted by molar-refractivity contribution is 6.31. The first-order chi connectivity index (χ1) is 13.6. The van der Waals surface area contributed by atoms with Crippen LogP contribution < -0.4 is 5.32 Å². The molecule has 0 bridgehead atoms. The maximum Gasteiger partial charge on any atom is 0.273 e. The van der Waals surface area contributed by atoms with Crippen LogP contribution in [0.15, 0.2) is 48.5 Å². The molecule has 2 aromatic rings. The zero-order valence-corrected chi connectivity index (χ0v) is 16.1. The smallest absolute Gasteiger partial charge is 0.273 e. The van der Waals surface area contributed by atoms with E-state index in [-0.39, 0.29) is 24.1 Å². The molecule has 0 aliphatic carbocycles. The molecule has 0 spiro atoms. The molecule has 3 rings (SSSR count). The summed E-state index contributed by atoms with van der Waals surface area (Å²) < 4.78 is 5.43. The summed E-state index contributed by atoms with van der Waals surface area (Å²) in [6.07, 6.45) is -0.0461. The number of benzene rings is 2. The fraction of sp³-hybridized carbons (Fsp3) is 0.350. The second kappa shape index (κ2) is 9.64. The van der Waals surface area contributed by atoms with Crippen LogP contribution in [0.1, 0.15) is 17.2 Å². The van der Waals surface area contributed by atoms with E-state index >= 15 is 0 Å². The number of para-hydroxylation sites is 1. The Balaban J connectivity index is 1.70. The SMILES string of the molecule is O=C(Cc1ccccc1[N+](=O)[O-])NC[C@H](c1ccccc1Cl)N1CCOCC1. The van der Waals surface area contributed by atoms with Crippen molar-refractivity contribution in [1.29, 1.82) is 0 Å². The summed E-state index contributed by atoms with van der Waals surface area (Å²) in [5.74, 6) is -0.264. The van der Waals surface area contributed by atoms with Crippen molar-refractivity contribution in [2.75, 3.05) is 32.8 Å². The van der Waals surface area contributed by atoms with Crippen molar-refractivity contribution in [3.05, 3.63) is 74.8 Å². The molecule has 148 valence electrons. The van der Waals surface area contributed by atoms with Crippen molar-refractivity contribution >= 4 is 23.2 Å². The minimum Gasteiger partial charge on any atom is -0.379 e. The van der Waals surface area contributed by atoms with Gasteiger partial charge < -0.3 is 10.1 Å². The van der Waals surface area contributed by atoms with Crippen LogP contribution in [0, 0.1) is 10.1 Å². The van der Waals surface area contributed by atoms with Gasteiger partial charge in [-0.3, -0.25) is 19.8 Å². The minimum atomic E-state index is -0.469. The number of carbonyl (C=O) groups is 1. The van der Waals surface area contributed by atoms with Gasteiger partial charge in [-0.25, -0.2) is 0 Å². The number of rotatable bonds is 7. The van der Waals surface area contributed by atoms with Crippen LogP contribution in [-0.4, -0.2) is 48.6 Å². The topological polar surface area (TPSA) is 84.7 Å².